The van der Waals surface area contributed by atoms with Crippen LogP contribution in [-0.2, 0) is 10.0 Å². The Morgan fingerprint density at radius 2 is 1.94 bits per heavy atom. The number of anilines is 4. The lowest BCUT2D eigenvalue weighted by atomic mass is 10.2. The number of rotatable bonds is 9. The van der Waals surface area contributed by atoms with Crippen LogP contribution in [0.2, 0.25) is 0 Å². The zero-order valence-corrected chi connectivity index (χ0v) is 19.5. The summed E-state index contributed by atoms with van der Waals surface area (Å²) < 4.78 is 25.5. The van der Waals surface area contributed by atoms with Crippen LogP contribution in [0.4, 0.5) is 27.9 Å². The minimum atomic E-state index is -3.28. The van der Waals surface area contributed by atoms with Gasteiger partial charge in [-0.3, -0.25) is 5.10 Å². The van der Waals surface area contributed by atoms with Crippen LogP contribution >= 0.6 is 0 Å². The van der Waals surface area contributed by atoms with Crippen molar-refractivity contribution >= 4 is 50.1 Å². The van der Waals surface area contributed by atoms with Crippen LogP contribution in [0.5, 0.6) is 0 Å². The van der Waals surface area contributed by atoms with E-state index in [1.807, 2.05) is 23.1 Å². The van der Waals surface area contributed by atoms with Gasteiger partial charge in [0.1, 0.15) is 5.82 Å². The second kappa shape index (κ2) is 9.19. The van der Waals surface area contributed by atoms with E-state index < -0.39 is 16.1 Å². The van der Waals surface area contributed by atoms with Gasteiger partial charge in [-0.1, -0.05) is 6.07 Å². The van der Waals surface area contributed by atoms with E-state index in [2.05, 4.69) is 40.2 Å². The summed E-state index contributed by atoms with van der Waals surface area (Å²) in [5, 5.41) is 12.2. The molecule has 0 aliphatic carbocycles. The van der Waals surface area contributed by atoms with E-state index in [-0.39, 0.29) is 6.54 Å². The predicted molar refractivity (Wildman–Crippen MR) is 130 cm³/mol. The average Bonchev–Trinajstić information content (AvgIpc) is 3.44. The molecule has 178 valence electrons. The lowest BCUT2D eigenvalue weighted by molar-refractivity contribution is 0.256. The van der Waals surface area contributed by atoms with Crippen molar-refractivity contribution in [2.45, 2.75) is 6.42 Å². The van der Waals surface area contributed by atoms with Gasteiger partial charge >= 0.3 is 6.03 Å². The molecule has 5 rings (SSSR count). The van der Waals surface area contributed by atoms with Crippen LogP contribution in [0, 0.1) is 0 Å². The highest BCUT2D eigenvalue weighted by atomic mass is 32.2. The molecule has 0 unspecified atom stereocenters. The van der Waals surface area contributed by atoms with Crippen LogP contribution in [0.1, 0.15) is 6.42 Å². The van der Waals surface area contributed by atoms with Crippen LogP contribution in [0.3, 0.4) is 0 Å². The topological polar surface area (TPSA) is 158 Å². The Morgan fingerprint density at radius 3 is 2.80 bits per heavy atom. The number of benzene rings is 2. The summed E-state index contributed by atoms with van der Waals surface area (Å²) in [5.41, 5.74) is 2.41. The smallest absolute Gasteiger partial charge is 0.325 e. The molecule has 3 N–H and O–H groups in total. The van der Waals surface area contributed by atoms with Gasteiger partial charge in [0, 0.05) is 30.4 Å². The van der Waals surface area contributed by atoms with Gasteiger partial charge in [-0.25, -0.2) is 22.9 Å². The normalized spacial score (nSPS) is 12.8. The molecular formula is C22H21N9O3S. The fraction of sp³-hybridized carbons (Fsp3) is 0.182. The van der Waals surface area contributed by atoms with Crippen LogP contribution in [-0.4, -0.2) is 54.0 Å². The number of nitrogens with zero attached hydrogens (tertiary/aromatic N) is 6. The Kier molecular flexibility index (Phi) is 5.93. The van der Waals surface area contributed by atoms with Gasteiger partial charge < -0.3 is 10.2 Å². The van der Waals surface area contributed by atoms with Gasteiger partial charge in [-0.2, -0.15) is 20.1 Å². The number of aromatic nitrogens is 4. The molecule has 2 amide bonds. The molecule has 1 aliphatic heterocycles. The third-order valence-electron chi connectivity index (χ3n) is 5.26. The number of urea groups is 1. The Balaban J connectivity index is 1.45. The van der Waals surface area contributed by atoms with E-state index in [1.54, 1.807) is 36.7 Å². The lowest BCUT2D eigenvalue weighted by Gasteiger charge is -2.25. The van der Waals surface area contributed by atoms with Crippen LogP contribution in [0.15, 0.2) is 64.8 Å². The first-order chi connectivity index (χ1) is 16.9. The summed E-state index contributed by atoms with van der Waals surface area (Å²) in [4.78, 5) is 30.1. The highest BCUT2D eigenvalue weighted by Gasteiger charge is 2.16. The summed E-state index contributed by atoms with van der Waals surface area (Å²) in [7, 11) is -3.28. The first-order valence-electron chi connectivity index (χ1n) is 10.7. The Bertz CT molecular complexity index is 1650. The van der Waals surface area contributed by atoms with E-state index >= 15 is 0 Å². The van der Waals surface area contributed by atoms with Gasteiger partial charge in [0.2, 0.25) is 16.0 Å². The molecule has 0 spiro atoms. The third kappa shape index (κ3) is 5.15. The van der Waals surface area contributed by atoms with Crippen molar-refractivity contribution in [1.29, 1.82) is 0 Å². The molecule has 12 nitrogen and oxygen atoms in total. The number of nitrogens with one attached hydrogen (secondary N) is 3. The number of amides is 2. The number of aromatic amines is 1. The molecule has 0 radical (unpaired) electrons. The van der Waals surface area contributed by atoms with Gasteiger partial charge in [-0.15, -0.1) is 0 Å². The Labute approximate surface area is 199 Å². The molecule has 0 saturated carbocycles. The average molecular weight is 492 g/mol. The van der Waals surface area contributed by atoms with Crippen molar-refractivity contribution in [2.24, 2.45) is 9.98 Å². The highest BCUT2D eigenvalue weighted by Crippen LogP contribution is 2.31. The molecule has 2 aromatic carbocycles. The van der Waals surface area contributed by atoms with Gasteiger partial charge in [-0.05, 0) is 42.8 Å². The van der Waals surface area contributed by atoms with Crippen LogP contribution in [0.25, 0.3) is 10.9 Å². The number of hydrogen-bond acceptors (Lipinski definition) is 8. The first kappa shape index (κ1) is 22.6. The molecule has 4 aromatic rings. The number of H-pyrrole nitrogens is 1. The SMILES string of the molecule is CS(=O)(=O)NCCCN(c1ccnc(Nc2ccc3c(c2)=NC(=O)N=3)n1)c1cccc2[nH]ncc12. The molecule has 1 aliphatic rings. The predicted octanol–water partition coefficient (Wildman–Crippen LogP) is 1.55. The molecule has 13 heteroatoms. The molecule has 3 heterocycles. The maximum absolute atomic E-state index is 11.5. The number of carbonyl (C=O) groups is 1. The molecule has 2 aromatic heterocycles. The third-order valence-corrected chi connectivity index (χ3v) is 5.98. The maximum atomic E-state index is 11.5. The highest BCUT2D eigenvalue weighted by molar-refractivity contribution is 7.88. The second-order valence-corrected chi connectivity index (χ2v) is 9.69. The van der Waals surface area contributed by atoms with Gasteiger partial charge in [0.05, 0.1) is 34.4 Å². The zero-order valence-electron chi connectivity index (χ0n) is 18.6. The summed E-state index contributed by atoms with van der Waals surface area (Å²) >= 11 is 0. The van der Waals surface area contributed by atoms with E-state index in [4.69, 9.17) is 0 Å². The quantitative estimate of drug-likeness (QED) is 0.298. The van der Waals surface area contributed by atoms with Crippen molar-refractivity contribution in [2.75, 3.05) is 29.6 Å². The largest absolute Gasteiger partial charge is 0.368 e. The van der Waals surface area contributed by atoms with E-state index in [9.17, 15) is 13.2 Å². The minimum Gasteiger partial charge on any atom is -0.325 e. The molecule has 0 atom stereocenters. The van der Waals surface area contributed by atoms with Gasteiger partial charge in [0.15, 0.2) is 0 Å². The zero-order chi connectivity index (χ0) is 24.4. The summed E-state index contributed by atoms with van der Waals surface area (Å²) in [6, 6.07) is 12.2. The number of sulfonamides is 1. The molecule has 0 saturated heterocycles. The molecular weight excluding hydrogens is 470 g/mol. The Hall–Kier alpha value is -4.23. The number of carbonyl (C=O) groups excluding carboxylic acids is 1. The Morgan fingerprint density at radius 1 is 1.09 bits per heavy atom. The second-order valence-electron chi connectivity index (χ2n) is 7.85. The molecule has 0 fully saturated rings. The first-order valence-corrected chi connectivity index (χ1v) is 12.6. The standard InChI is InChI=1S/C22H21N9O3S/c1-35(33,34)25-9-3-11-31(19-5-2-4-16-15(19)13-24-30-16)20-8-10-23-21(29-20)26-14-6-7-17-18(12-14)28-22(32)27-17/h2,4-8,10,12-13,25H,3,9,11H2,1H3,(H,24,30)(H,23,26,29). The monoisotopic (exact) mass is 491 g/mol. The van der Waals surface area contributed by atoms with Crippen molar-refractivity contribution < 1.29 is 13.2 Å². The van der Waals surface area contributed by atoms with Crippen molar-refractivity contribution in [3.8, 4) is 0 Å². The van der Waals surface area contributed by atoms with Gasteiger partial charge in [0.25, 0.3) is 0 Å². The van der Waals surface area contributed by atoms with Crippen LogP contribution < -0.4 is 25.7 Å². The van der Waals surface area contributed by atoms with Crippen molar-refractivity contribution in [3.63, 3.8) is 0 Å². The van der Waals surface area contributed by atoms with E-state index in [1.165, 1.54) is 0 Å². The van der Waals surface area contributed by atoms with E-state index in [0.29, 0.717) is 41.1 Å². The van der Waals surface area contributed by atoms with Crippen molar-refractivity contribution in [3.05, 3.63) is 65.6 Å². The summed E-state index contributed by atoms with van der Waals surface area (Å²) in [6.07, 6.45) is 5.05. The molecule has 0 bridgehead atoms. The fourth-order valence-electron chi connectivity index (χ4n) is 3.75. The van der Waals surface area contributed by atoms with E-state index in [0.717, 1.165) is 22.8 Å². The summed E-state index contributed by atoms with van der Waals surface area (Å²) in [5.74, 6) is 0.967. The molecule has 35 heavy (non-hydrogen) atoms. The van der Waals surface area contributed by atoms with Crippen molar-refractivity contribution in [1.82, 2.24) is 24.9 Å². The fourth-order valence-corrected chi connectivity index (χ4v) is 4.26. The number of fused-ring (bicyclic) bond motifs is 2. The lowest BCUT2D eigenvalue weighted by Crippen LogP contribution is -2.27. The number of hydrogen-bond donors (Lipinski definition) is 3. The minimum absolute atomic E-state index is 0.287. The summed E-state index contributed by atoms with van der Waals surface area (Å²) in [6.45, 7) is 0.778. The maximum Gasteiger partial charge on any atom is 0.368 e.